The van der Waals surface area contributed by atoms with Crippen LogP contribution in [-0.4, -0.2) is 149 Å². The van der Waals surface area contributed by atoms with Crippen LogP contribution in [0.15, 0.2) is 139 Å². The fourth-order valence-corrected chi connectivity index (χ4v) is 14.4. The number of nitrogen functional groups attached to an aromatic ring is 1. The molecule has 1 aliphatic heterocycles. The minimum absolute atomic E-state index is 0. The third kappa shape index (κ3) is 31.9. The number of ether oxygens (including phenoxy) is 1. The quantitative estimate of drug-likeness (QED) is 0.0169. The van der Waals surface area contributed by atoms with Gasteiger partial charge in [-0.3, -0.25) is 33.9 Å². The molecule has 1 saturated heterocycles. The van der Waals surface area contributed by atoms with Crippen molar-refractivity contribution in [2.45, 2.75) is 145 Å². The lowest BCUT2D eigenvalue weighted by Crippen LogP contribution is -2.41. The van der Waals surface area contributed by atoms with Crippen LogP contribution in [0.25, 0.3) is 71.9 Å². The number of amides is 2. The van der Waals surface area contributed by atoms with Crippen LogP contribution in [0.1, 0.15) is 130 Å². The number of aromatic nitrogens is 14. The Morgan fingerprint density at radius 1 is 0.585 bits per heavy atom. The first kappa shape index (κ1) is 107. The summed E-state index contributed by atoms with van der Waals surface area (Å²) in [5.74, 6) is -1.90. The molecule has 0 spiro atoms. The van der Waals surface area contributed by atoms with Gasteiger partial charge in [0.1, 0.15) is 47.7 Å². The summed E-state index contributed by atoms with van der Waals surface area (Å²) in [5, 5.41) is 30.5. The highest BCUT2D eigenvalue weighted by Gasteiger charge is 2.52. The number of anilines is 1. The number of fused-ring (bicyclic) bond motifs is 6. The molecule has 14 rings (SSSR count). The number of benzene rings is 3. The van der Waals surface area contributed by atoms with Gasteiger partial charge in [0.2, 0.25) is 0 Å². The van der Waals surface area contributed by atoms with Gasteiger partial charge >= 0.3 is 19.1 Å². The molecular weight excluding hydrogens is 1990 g/mol. The normalized spacial score (nSPS) is 11.9. The van der Waals surface area contributed by atoms with Gasteiger partial charge in [-0.1, -0.05) is 61.0 Å². The molecule has 3 aromatic carbocycles. The van der Waals surface area contributed by atoms with Crippen molar-refractivity contribution in [3.63, 3.8) is 0 Å². The average Bonchev–Trinajstić information content (AvgIpc) is 1.62. The average molecular weight is 2080 g/mol. The third-order valence-electron chi connectivity index (χ3n) is 17.1. The number of alkyl halides is 1. The van der Waals surface area contributed by atoms with E-state index in [2.05, 4.69) is 162 Å². The number of H-pyrrole nitrogens is 1. The minimum atomic E-state index is -0.995. The number of carbonyl (C=O) groups excluding carboxylic acids is 7. The zero-order chi connectivity index (χ0) is 91.5. The van der Waals surface area contributed by atoms with Crippen molar-refractivity contribution in [3.8, 4) is 22.3 Å². The number of esters is 1. The summed E-state index contributed by atoms with van der Waals surface area (Å²) in [6.07, 6.45) is 16.9. The molecular formula is C76H86BBr2N17O12S15. The zero-order valence-electron chi connectivity index (χ0n) is 68.6. The van der Waals surface area contributed by atoms with Crippen LogP contribution in [0.3, 0.4) is 0 Å². The molecule has 654 valence electrons. The number of hydrogen-bond acceptors (Lipinski definition) is 27. The van der Waals surface area contributed by atoms with Gasteiger partial charge in [-0.05, 0) is 146 Å². The first-order chi connectivity index (χ1) is 57.3. The number of nitrogens with two attached hydrogens (primary N) is 3. The molecule has 11 heterocycles. The van der Waals surface area contributed by atoms with Gasteiger partial charge in [-0.15, -0.1) is 0 Å². The number of halogens is 2. The first-order valence-electron chi connectivity index (χ1n) is 35.5. The number of rotatable bonds is 14. The van der Waals surface area contributed by atoms with Gasteiger partial charge in [0.15, 0.2) is 22.7 Å². The highest BCUT2D eigenvalue weighted by molar-refractivity contribution is 9.10. The number of nitrogens with zero attached hydrogens (tertiary/aromatic N) is 13. The molecule has 29 nitrogen and oxygen atoms in total. The van der Waals surface area contributed by atoms with Crippen molar-refractivity contribution >= 4 is 304 Å². The lowest BCUT2D eigenvalue weighted by molar-refractivity contribution is -0.155. The number of nitrogens with one attached hydrogen (secondary N) is 1. The molecule has 0 bridgehead atoms. The van der Waals surface area contributed by atoms with Gasteiger partial charge in [-0.2, -0.15) is 33.9 Å². The Morgan fingerprint density at radius 2 is 0.984 bits per heavy atom. The molecule has 47 heteroatoms. The topological polar surface area (TPSA) is 397 Å². The minimum Gasteiger partial charge on any atom is -0.480 e. The van der Waals surface area contributed by atoms with Crippen molar-refractivity contribution in [3.05, 3.63) is 179 Å². The largest absolute Gasteiger partial charge is 0.494 e. The number of aldehydes is 2. The maximum atomic E-state index is 13.3. The summed E-state index contributed by atoms with van der Waals surface area (Å²) in [7, 11) is 6.68. The number of carboxylic acid groups (broad SMARTS) is 1. The summed E-state index contributed by atoms with van der Waals surface area (Å²) < 4.78 is 28.8. The second kappa shape index (κ2) is 49.8. The van der Waals surface area contributed by atoms with Crippen LogP contribution in [0.2, 0.25) is 0 Å². The van der Waals surface area contributed by atoms with E-state index in [9.17, 15) is 38.4 Å². The number of ketones is 2. The molecule has 0 radical (unpaired) electrons. The fraction of sp³-hybridized carbons (Fsp3) is 0.303. The van der Waals surface area contributed by atoms with Gasteiger partial charge < -0.3 is 59.6 Å². The number of carbonyl (C=O) groups is 8. The van der Waals surface area contributed by atoms with E-state index in [-0.39, 0.29) is 56.2 Å². The summed E-state index contributed by atoms with van der Waals surface area (Å²) in [6.45, 7) is 28.3. The van der Waals surface area contributed by atoms with E-state index in [1.165, 1.54) is 62.1 Å². The summed E-state index contributed by atoms with van der Waals surface area (Å²) in [5.41, 5.74) is 28.1. The zero-order valence-corrected chi connectivity index (χ0v) is 84.2. The van der Waals surface area contributed by atoms with Gasteiger partial charge in [0.05, 0.1) is 50.4 Å². The maximum absolute atomic E-state index is 13.3. The fourth-order valence-electron chi connectivity index (χ4n) is 11.4. The summed E-state index contributed by atoms with van der Waals surface area (Å²) in [4.78, 5) is 103. The Morgan fingerprint density at radius 3 is 1.33 bits per heavy atom. The van der Waals surface area contributed by atoms with Crippen LogP contribution in [0, 0.1) is 33.1 Å². The SMILES string of the molecule is CC(=O)Cn1cc(C(N)=O)c2cc(B3OC(C)(C)C(C)(C)O3)ccc21.Cc1cc(N)n[nH]1.Cc1cc2ncc(-c3ccc4c(c3)c(C(=O)C(C)(C)C)cn4CC(=O)OC(C)(C)C)cn2n1.Cc1cc2ncc(-c3ccc4c(c3)c(C(N)=O)cn4CC(=O)O)cn2n1.Cc1cc2ncc(Br)cn2n1.O=CC(Br)C=O.S.S=S.S=S=S.S=S=S=S.S=S=S=S=S. The highest BCUT2D eigenvalue weighted by atomic mass is 79.9. The molecule has 8 N–H and O–H groups in total. The Labute approximate surface area is 789 Å². The number of hydrogen-bond donors (Lipinski definition) is 5. The highest BCUT2D eigenvalue weighted by Crippen LogP contribution is 2.38. The van der Waals surface area contributed by atoms with Crippen molar-refractivity contribution in [1.82, 2.24) is 67.7 Å². The number of aliphatic carboxylic acids is 1. The number of aryl methyl sites for hydroxylation is 4. The second-order valence-electron chi connectivity index (χ2n) is 29.2. The monoisotopic (exact) mass is 2080 g/mol. The van der Waals surface area contributed by atoms with Crippen LogP contribution in [0.4, 0.5) is 5.82 Å². The lowest BCUT2D eigenvalue weighted by atomic mass is 9.78. The molecule has 1 fully saturated rings. The summed E-state index contributed by atoms with van der Waals surface area (Å²) >= 11 is 39.2. The van der Waals surface area contributed by atoms with Crippen molar-refractivity contribution < 1.29 is 57.5 Å². The third-order valence-corrected chi connectivity index (χ3v) is 24.6. The molecule has 0 aliphatic carbocycles. The molecule has 0 unspecified atom stereocenters. The van der Waals surface area contributed by atoms with Crippen LogP contribution in [0.5, 0.6) is 0 Å². The Hall–Kier alpha value is -7.92. The molecule has 13 aromatic rings. The van der Waals surface area contributed by atoms with E-state index in [0.717, 1.165) is 97.2 Å². The molecule has 1 aliphatic rings. The van der Waals surface area contributed by atoms with Crippen molar-refractivity contribution in [2.24, 2.45) is 16.9 Å². The van der Waals surface area contributed by atoms with Crippen molar-refractivity contribution in [2.75, 3.05) is 5.73 Å². The van der Waals surface area contributed by atoms with Crippen molar-refractivity contribution in [1.29, 1.82) is 0 Å². The van der Waals surface area contributed by atoms with Gasteiger partial charge in [-0.25, -0.2) is 28.5 Å². The number of primary amides is 2. The first-order valence-corrected chi connectivity index (χ1v) is 50.6. The standard InChI is InChI=1S/C26H30N4O3.C18H23BN2O4.C18H15N5O3.C7H6BrN3.C4H7N3.C3H3BrO2.S5.S4.S3.S2.H2S/c1-16-10-22-27-12-18(13-30(22)28-16)17-8-9-21-19(11-17)20(24(32)25(2,3)4)14-29(21)15-23(31)33-26(5,6)7;1-11(22)9-21-10-14(16(20)23)13-8-12(6-7-15(13)21)19-24-17(2,3)18(4,5)25-19;1-10-4-16-20-6-12(7-23(16)21-10)11-2-3-15-13(5-11)14(18(19)26)8-22(15)9-17(24)25;1-5-2-7-9-3-6(8)4-11(7)10-5;1-3-2-4(5)7-6-3;4-3(1-5)2-6;1-3-5-4-2;1-3-4-2;1-3-2;1-2;/h8-14H,15H2,1-7H3;6-8,10H,9H2,1-5H3,(H2,20,23);2-8H,9H2,1H3,(H2,19,26)(H,24,25);2-4H,1H3;2H,1H3,(H3,5,6,7);1-3H;;;;;1H2. The molecule has 0 saturated carbocycles. The molecule has 123 heavy (non-hydrogen) atoms. The lowest BCUT2D eigenvalue weighted by Gasteiger charge is -2.32. The van der Waals surface area contributed by atoms with E-state index in [4.69, 9.17) is 36.4 Å². The summed E-state index contributed by atoms with van der Waals surface area (Å²) in [6, 6.07) is 24.5. The van der Waals surface area contributed by atoms with E-state index in [0.29, 0.717) is 45.8 Å². The van der Waals surface area contributed by atoms with Gasteiger partial charge in [0, 0.05) is 283 Å². The Kier molecular flexibility index (Phi) is 43.5. The van der Waals surface area contributed by atoms with Crippen LogP contribution >= 0.6 is 45.4 Å². The predicted molar refractivity (Wildman–Crippen MR) is 531 cm³/mol. The number of carboxylic acids is 1. The van der Waals surface area contributed by atoms with E-state index in [1.807, 2.05) is 182 Å². The van der Waals surface area contributed by atoms with E-state index in [1.54, 1.807) is 65.8 Å². The maximum Gasteiger partial charge on any atom is 0.494 e. The van der Waals surface area contributed by atoms with Gasteiger partial charge in [0.25, 0.3) is 11.8 Å². The van der Waals surface area contributed by atoms with Crippen LogP contribution in [-0.2, 0) is 200 Å². The second-order valence-corrected chi connectivity index (χ2v) is 41.7. The Balaban J connectivity index is 0.000000320. The smallest absolute Gasteiger partial charge is 0.480 e. The predicted octanol–water partition coefficient (Wildman–Crippen LogP) is 11.0. The van der Waals surface area contributed by atoms with E-state index >= 15 is 0 Å². The number of Topliss-reactive ketones (excluding diaryl/α,β-unsaturated/α-hetero) is 2. The molecule has 2 amide bonds. The molecule has 0 atom stereocenters. The number of aromatic amines is 1. The van der Waals surface area contributed by atoms with E-state index < -0.39 is 51.9 Å². The Bertz CT molecular complexity index is 6220. The molecule has 10 aromatic heterocycles. The van der Waals surface area contributed by atoms with Crippen LogP contribution < -0.4 is 22.7 Å².